The lowest BCUT2D eigenvalue weighted by Crippen LogP contribution is -2.63. The third-order valence-electron chi connectivity index (χ3n) is 4.75. The number of likely N-dealkylation sites (tertiary alicyclic amines) is 1. The summed E-state index contributed by atoms with van der Waals surface area (Å²) in [4.78, 5) is 30.5. The van der Waals surface area contributed by atoms with Gasteiger partial charge < -0.3 is 10.2 Å². The van der Waals surface area contributed by atoms with Gasteiger partial charge in [0.15, 0.2) is 0 Å². The van der Waals surface area contributed by atoms with Crippen LogP contribution < -0.4 is 5.32 Å². The number of hydrogen-bond acceptors (Lipinski definition) is 3. The summed E-state index contributed by atoms with van der Waals surface area (Å²) in [5.41, 5.74) is 0.256. The monoisotopic (exact) mass is 287 g/mol. The van der Waals surface area contributed by atoms with Crippen LogP contribution in [0.2, 0.25) is 0 Å². The van der Waals surface area contributed by atoms with E-state index in [9.17, 15) is 9.59 Å². The summed E-state index contributed by atoms with van der Waals surface area (Å²) < 4.78 is 0. The van der Waals surface area contributed by atoms with Gasteiger partial charge in [-0.1, -0.05) is 13.0 Å². The minimum Gasteiger partial charge on any atom is -0.349 e. The van der Waals surface area contributed by atoms with Crippen LogP contribution in [0.3, 0.4) is 0 Å². The van der Waals surface area contributed by atoms with E-state index in [1.54, 1.807) is 12.3 Å². The van der Waals surface area contributed by atoms with Crippen LogP contribution in [-0.2, 0) is 4.79 Å². The van der Waals surface area contributed by atoms with Crippen LogP contribution >= 0.6 is 0 Å². The summed E-state index contributed by atoms with van der Waals surface area (Å²) in [5.74, 6) is 0.0864. The molecule has 5 heteroatoms. The molecule has 2 aliphatic heterocycles. The number of carbonyl (C=O) groups is 2. The molecule has 2 aliphatic rings. The highest BCUT2D eigenvalue weighted by atomic mass is 16.2. The maximum atomic E-state index is 12.7. The van der Waals surface area contributed by atoms with Crippen molar-refractivity contribution >= 4 is 11.8 Å². The van der Waals surface area contributed by atoms with Crippen LogP contribution in [-0.4, -0.2) is 39.8 Å². The molecular formula is C16H21N3O2. The van der Waals surface area contributed by atoms with Gasteiger partial charge in [0.25, 0.3) is 5.91 Å². The van der Waals surface area contributed by atoms with Crippen molar-refractivity contribution < 1.29 is 9.59 Å². The highest BCUT2D eigenvalue weighted by molar-refractivity contribution is 5.93. The van der Waals surface area contributed by atoms with Gasteiger partial charge in [0, 0.05) is 19.2 Å². The maximum Gasteiger partial charge on any atom is 0.272 e. The normalized spacial score (nSPS) is 28.7. The quantitative estimate of drug-likeness (QED) is 0.901. The minimum absolute atomic E-state index is 0.0253. The molecule has 0 unspecified atom stereocenters. The number of hydrogen-bond donors (Lipinski definition) is 1. The van der Waals surface area contributed by atoms with E-state index in [0.717, 1.165) is 32.2 Å². The predicted octanol–water partition coefficient (Wildman–Crippen LogP) is 1.74. The van der Waals surface area contributed by atoms with Gasteiger partial charge in [-0.2, -0.15) is 0 Å². The Morgan fingerprint density at radius 3 is 2.95 bits per heavy atom. The van der Waals surface area contributed by atoms with Crippen molar-refractivity contribution in [2.45, 2.75) is 50.6 Å². The molecule has 1 aromatic heterocycles. The molecular weight excluding hydrogens is 266 g/mol. The topological polar surface area (TPSA) is 62.3 Å². The van der Waals surface area contributed by atoms with E-state index in [1.165, 1.54) is 0 Å². The summed E-state index contributed by atoms with van der Waals surface area (Å²) >= 11 is 0. The summed E-state index contributed by atoms with van der Waals surface area (Å²) in [6, 6.07) is 5.46. The van der Waals surface area contributed by atoms with Crippen LogP contribution in [0, 0.1) is 0 Å². The third-order valence-corrected chi connectivity index (χ3v) is 4.75. The number of aromatic nitrogens is 1. The lowest BCUT2D eigenvalue weighted by molar-refractivity contribution is -0.120. The molecule has 0 saturated carbocycles. The van der Waals surface area contributed by atoms with E-state index in [2.05, 4.69) is 17.2 Å². The fourth-order valence-corrected chi connectivity index (χ4v) is 3.85. The van der Waals surface area contributed by atoms with Gasteiger partial charge in [0.1, 0.15) is 5.69 Å². The molecule has 5 nitrogen and oxygen atoms in total. The fourth-order valence-electron chi connectivity index (χ4n) is 3.85. The van der Waals surface area contributed by atoms with Crippen LogP contribution in [0.25, 0.3) is 0 Å². The second-order valence-electron chi connectivity index (χ2n) is 5.95. The van der Waals surface area contributed by atoms with Crippen LogP contribution in [0.4, 0.5) is 0 Å². The first-order chi connectivity index (χ1) is 10.2. The van der Waals surface area contributed by atoms with Crippen LogP contribution in [0.1, 0.15) is 49.5 Å². The smallest absolute Gasteiger partial charge is 0.272 e. The Balaban J connectivity index is 1.88. The molecule has 21 heavy (non-hydrogen) atoms. The molecule has 3 rings (SSSR count). The van der Waals surface area contributed by atoms with Gasteiger partial charge >= 0.3 is 0 Å². The molecule has 2 fully saturated rings. The largest absolute Gasteiger partial charge is 0.349 e. The number of rotatable bonds is 2. The van der Waals surface area contributed by atoms with Crippen molar-refractivity contribution in [3.8, 4) is 0 Å². The number of carbonyl (C=O) groups excluding carboxylic acids is 2. The number of piperidine rings is 1. The van der Waals surface area contributed by atoms with Crippen LogP contribution in [0.5, 0.6) is 0 Å². The van der Waals surface area contributed by atoms with Crippen molar-refractivity contribution in [2.24, 2.45) is 0 Å². The molecule has 3 heterocycles. The zero-order valence-corrected chi connectivity index (χ0v) is 12.3. The standard InChI is InChI=1S/C16H21N3O2/c1-2-13-16(9-7-14(20)18-16)8-5-11-19(13)15(21)12-6-3-4-10-17-12/h3-4,6,10,13H,2,5,7-9,11H2,1H3,(H,18,20)/t13-,16-/m0/s1. The van der Waals surface area contributed by atoms with E-state index in [1.807, 2.05) is 17.0 Å². The highest BCUT2D eigenvalue weighted by Gasteiger charge is 2.49. The van der Waals surface area contributed by atoms with Crippen molar-refractivity contribution in [3.63, 3.8) is 0 Å². The maximum absolute atomic E-state index is 12.7. The molecule has 0 radical (unpaired) electrons. The van der Waals surface area contributed by atoms with Crippen molar-refractivity contribution in [1.29, 1.82) is 0 Å². The zero-order valence-electron chi connectivity index (χ0n) is 12.3. The molecule has 2 amide bonds. The Bertz CT molecular complexity index is 546. The summed E-state index contributed by atoms with van der Waals surface area (Å²) in [5, 5.41) is 3.15. The minimum atomic E-state index is -0.228. The van der Waals surface area contributed by atoms with Gasteiger partial charge in [-0.25, -0.2) is 0 Å². The van der Waals surface area contributed by atoms with E-state index in [4.69, 9.17) is 0 Å². The van der Waals surface area contributed by atoms with Gasteiger partial charge in [-0.05, 0) is 37.8 Å². The first-order valence-corrected chi connectivity index (χ1v) is 7.69. The van der Waals surface area contributed by atoms with E-state index < -0.39 is 0 Å². The third kappa shape index (κ3) is 2.41. The second kappa shape index (κ2) is 5.47. The number of amides is 2. The highest BCUT2D eigenvalue weighted by Crippen LogP contribution is 2.37. The molecule has 2 saturated heterocycles. The predicted molar refractivity (Wildman–Crippen MR) is 78.7 cm³/mol. The van der Waals surface area contributed by atoms with Gasteiger partial charge in [-0.3, -0.25) is 14.6 Å². The van der Waals surface area contributed by atoms with E-state index in [-0.39, 0.29) is 23.4 Å². The lowest BCUT2D eigenvalue weighted by Gasteiger charge is -2.47. The van der Waals surface area contributed by atoms with Gasteiger partial charge in [0.2, 0.25) is 5.91 Å². The molecule has 0 bridgehead atoms. The van der Waals surface area contributed by atoms with Crippen molar-refractivity contribution in [2.75, 3.05) is 6.54 Å². The molecule has 1 spiro atoms. The summed E-state index contributed by atoms with van der Waals surface area (Å²) in [6.45, 7) is 2.83. The van der Waals surface area contributed by atoms with Crippen molar-refractivity contribution in [3.05, 3.63) is 30.1 Å². The lowest BCUT2D eigenvalue weighted by atomic mass is 9.78. The molecule has 112 valence electrons. The first-order valence-electron chi connectivity index (χ1n) is 7.69. The Kier molecular flexibility index (Phi) is 3.66. The van der Waals surface area contributed by atoms with E-state index in [0.29, 0.717) is 12.1 Å². The Hall–Kier alpha value is -1.91. The molecule has 0 aromatic carbocycles. The van der Waals surface area contributed by atoms with Crippen molar-refractivity contribution in [1.82, 2.24) is 15.2 Å². The average molecular weight is 287 g/mol. The van der Waals surface area contributed by atoms with Crippen LogP contribution in [0.15, 0.2) is 24.4 Å². The second-order valence-corrected chi connectivity index (χ2v) is 5.95. The Labute approximate surface area is 124 Å². The number of nitrogens with zero attached hydrogens (tertiary/aromatic N) is 2. The molecule has 1 aromatic rings. The van der Waals surface area contributed by atoms with Gasteiger partial charge in [-0.15, -0.1) is 0 Å². The molecule has 1 N–H and O–H groups in total. The number of pyridine rings is 1. The first kappa shape index (κ1) is 14.0. The SMILES string of the molecule is CC[C@@H]1N(C(=O)c2ccccn2)CCC[C@]12CCC(=O)N2. The van der Waals surface area contributed by atoms with E-state index >= 15 is 0 Å². The fraction of sp³-hybridized carbons (Fsp3) is 0.562. The average Bonchev–Trinajstić information content (AvgIpc) is 2.88. The summed E-state index contributed by atoms with van der Waals surface area (Å²) in [7, 11) is 0. The van der Waals surface area contributed by atoms with Gasteiger partial charge in [0.05, 0.1) is 11.6 Å². The Morgan fingerprint density at radius 1 is 1.48 bits per heavy atom. The summed E-state index contributed by atoms with van der Waals surface area (Å²) in [6.07, 6.45) is 5.78. The molecule has 2 atom stereocenters. The Morgan fingerprint density at radius 2 is 2.33 bits per heavy atom. The molecule has 0 aliphatic carbocycles. The number of nitrogens with one attached hydrogen (secondary N) is 1. The zero-order chi connectivity index (χ0) is 14.9.